The van der Waals surface area contributed by atoms with Crippen LogP contribution in [-0.4, -0.2) is 27.9 Å². The van der Waals surface area contributed by atoms with Gasteiger partial charge in [0.25, 0.3) is 5.56 Å². The van der Waals surface area contributed by atoms with Crippen LogP contribution in [-0.2, 0) is 7.05 Å². The predicted molar refractivity (Wildman–Crippen MR) is 83.7 cm³/mol. The summed E-state index contributed by atoms with van der Waals surface area (Å²) in [4.78, 5) is 15.2. The van der Waals surface area contributed by atoms with Crippen LogP contribution in [0.25, 0.3) is 21.8 Å². The average Bonchev–Trinajstić information content (AvgIpc) is 2.86. The Bertz CT molecular complexity index is 871. The highest BCUT2D eigenvalue weighted by atomic mass is 16.1. The number of aromatic amines is 1. The van der Waals surface area contributed by atoms with E-state index in [2.05, 4.69) is 10.3 Å². The molecule has 1 fully saturated rings. The second-order valence-electron chi connectivity index (χ2n) is 5.76. The molecular weight excluding hydrogens is 264 g/mol. The van der Waals surface area contributed by atoms with Crippen molar-refractivity contribution in [2.75, 3.05) is 13.1 Å². The minimum atomic E-state index is -0.0436. The highest BCUT2D eigenvalue weighted by molar-refractivity contribution is 6.05. The molecule has 0 bridgehead atoms. The van der Waals surface area contributed by atoms with E-state index in [1.54, 1.807) is 4.68 Å². The number of nitrogens with one attached hydrogen (secondary N) is 2. The third kappa shape index (κ3) is 1.88. The second-order valence-corrected chi connectivity index (χ2v) is 5.76. The molecule has 5 heteroatoms. The first kappa shape index (κ1) is 12.6. The maximum absolute atomic E-state index is 12.2. The van der Waals surface area contributed by atoms with Gasteiger partial charge >= 0.3 is 0 Å². The predicted octanol–water partition coefficient (Wildman–Crippen LogP) is 1.88. The molecule has 21 heavy (non-hydrogen) atoms. The molecule has 2 aromatic heterocycles. The number of rotatable bonds is 1. The number of nitrogens with zero attached hydrogens (tertiary/aromatic N) is 2. The van der Waals surface area contributed by atoms with Gasteiger partial charge in [0.1, 0.15) is 5.65 Å². The van der Waals surface area contributed by atoms with E-state index < -0.39 is 0 Å². The van der Waals surface area contributed by atoms with Crippen LogP contribution < -0.4 is 10.9 Å². The number of hydrogen-bond donors (Lipinski definition) is 2. The normalized spacial score (nSPS) is 16.8. The van der Waals surface area contributed by atoms with Crippen molar-refractivity contribution in [2.45, 2.75) is 18.8 Å². The third-order valence-corrected chi connectivity index (χ3v) is 4.47. The van der Waals surface area contributed by atoms with Crippen molar-refractivity contribution in [1.29, 1.82) is 0 Å². The zero-order valence-electron chi connectivity index (χ0n) is 12.0. The fraction of sp³-hybridized carbons (Fsp3) is 0.375. The molecule has 1 saturated heterocycles. The molecule has 3 aromatic rings. The average molecular weight is 282 g/mol. The molecule has 0 aliphatic carbocycles. The number of pyridine rings is 1. The number of aromatic nitrogens is 3. The van der Waals surface area contributed by atoms with E-state index in [9.17, 15) is 4.79 Å². The summed E-state index contributed by atoms with van der Waals surface area (Å²) in [7, 11) is 1.90. The van der Waals surface area contributed by atoms with Crippen molar-refractivity contribution in [1.82, 2.24) is 20.1 Å². The topological polar surface area (TPSA) is 62.7 Å². The molecule has 4 rings (SSSR count). The Kier molecular flexibility index (Phi) is 2.82. The van der Waals surface area contributed by atoms with Crippen molar-refractivity contribution in [3.63, 3.8) is 0 Å². The van der Waals surface area contributed by atoms with Gasteiger partial charge in [0.2, 0.25) is 0 Å². The van der Waals surface area contributed by atoms with Gasteiger partial charge in [-0.2, -0.15) is 5.10 Å². The lowest BCUT2D eigenvalue weighted by Crippen LogP contribution is -2.27. The van der Waals surface area contributed by atoms with E-state index >= 15 is 0 Å². The van der Waals surface area contributed by atoms with Crippen LogP contribution in [0.5, 0.6) is 0 Å². The highest BCUT2D eigenvalue weighted by Gasteiger charge is 2.23. The molecule has 108 valence electrons. The van der Waals surface area contributed by atoms with Crippen molar-refractivity contribution < 1.29 is 0 Å². The minimum Gasteiger partial charge on any atom is -0.317 e. The molecule has 0 atom stereocenters. The Labute approximate surface area is 122 Å². The first-order valence-corrected chi connectivity index (χ1v) is 7.44. The number of hydrogen-bond acceptors (Lipinski definition) is 3. The van der Waals surface area contributed by atoms with Gasteiger partial charge in [0, 0.05) is 29.1 Å². The molecule has 0 amide bonds. The van der Waals surface area contributed by atoms with Gasteiger partial charge in [0.05, 0.1) is 5.69 Å². The highest BCUT2D eigenvalue weighted by Crippen LogP contribution is 2.33. The molecule has 0 spiro atoms. The lowest BCUT2D eigenvalue weighted by Gasteiger charge is -2.21. The Balaban J connectivity index is 2.08. The van der Waals surface area contributed by atoms with E-state index in [-0.39, 0.29) is 5.56 Å². The first-order chi connectivity index (χ1) is 10.3. The van der Waals surface area contributed by atoms with Crippen LogP contribution in [0, 0.1) is 0 Å². The van der Waals surface area contributed by atoms with Crippen LogP contribution in [0.4, 0.5) is 0 Å². The lowest BCUT2D eigenvalue weighted by atomic mass is 9.92. The molecule has 2 N–H and O–H groups in total. The quantitative estimate of drug-likeness (QED) is 0.716. The third-order valence-electron chi connectivity index (χ3n) is 4.47. The minimum absolute atomic E-state index is 0.0436. The van der Waals surface area contributed by atoms with E-state index in [1.165, 1.54) is 0 Å². The molecule has 1 aliphatic rings. The second kappa shape index (κ2) is 4.70. The Morgan fingerprint density at radius 3 is 2.67 bits per heavy atom. The molecule has 0 radical (unpaired) electrons. The van der Waals surface area contributed by atoms with Crippen molar-refractivity contribution in [3.8, 4) is 0 Å². The SMILES string of the molecule is Cn1nc(C2CCNCC2)c2c3ccccc3c(=O)[nH]c21. The summed E-state index contributed by atoms with van der Waals surface area (Å²) >= 11 is 0. The maximum Gasteiger partial charge on any atom is 0.257 e. The van der Waals surface area contributed by atoms with Crippen LogP contribution in [0.1, 0.15) is 24.5 Å². The van der Waals surface area contributed by atoms with Gasteiger partial charge < -0.3 is 10.3 Å². The number of H-pyrrole nitrogens is 1. The van der Waals surface area contributed by atoms with Gasteiger partial charge in [-0.15, -0.1) is 0 Å². The molecule has 5 nitrogen and oxygen atoms in total. The lowest BCUT2D eigenvalue weighted by molar-refractivity contribution is 0.452. The van der Waals surface area contributed by atoms with Gasteiger partial charge in [0.15, 0.2) is 0 Å². The van der Waals surface area contributed by atoms with E-state index in [0.717, 1.165) is 53.4 Å². The Hall–Kier alpha value is -2.14. The summed E-state index contributed by atoms with van der Waals surface area (Å²) in [6.45, 7) is 2.06. The number of piperidine rings is 1. The van der Waals surface area contributed by atoms with Gasteiger partial charge in [-0.05, 0) is 32.0 Å². The zero-order chi connectivity index (χ0) is 14.4. The molecule has 1 aromatic carbocycles. The number of benzene rings is 1. The summed E-state index contributed by atoms with van der Waals surface area (Å²) in [5, 5.41) is 11.0. The van der Waals surface area contributed by atoms with E-state index in [0.29, 0.717) is 5.92 Å². The summed E-state index contributed by atoms with van der Waals surface area (Å²) in [6.07, 6.45) is 2.19. The van der Waals surface area contributed by atoms with Gasteiger partial charge in [-0.1, -0.05) is 18.2 Å². The molecule has 0 saturated carbocycles. The van der Waals surface area contributed by atoms with Crippen molar-refractivity contribution >= 4 is 21.8 Å². The smallest absolute Gasteiger partial charge is 0.257 e. The van der Waals surface area contributed by atoms with E-state index in [1.807, 2.05) is 31.3 Å². The monoisotopic (exact) mass is 282 g/mol. The Morgan fingerprint density at radius 2 is 1.90 bits per heavy atom. The molecule has 3 heterocycles. The molecular formula is C16H18N4O. The summed E-state index contributed by atoms with van der Waals surface area (Å²) in [5.41, 5.74) is 1.91. The van der Waals surface area contributed by atoms with Crippen LogP contribution >= 0.6 is 0 Å². The largest absolute Gasteiger partial charge is 0.317 e. The fourth-order valence-corrected chi connectivity index (χ4v) is 3.41. The summed E-state index contributed by atoms with van der Waals surface area (Å²) < 4.78 is 1.81. The number of fused-ring (bicyclic) bond motifs is 3. The van der Waals surface area contributed by atoms with Gasteiger partial charge in [-0.3, -0.25) is 9.48 Å². The first-order valence-electron chi connectivity index (χ1n) is 7.44. The molecule has 1 aliphatic heterocycles. The van der Waals surface area contributed by atoms with E-state index in [4.69, 9.17) is 5.10 Å². The van der Waals surface area contributed by atoms with Crippen molar-refractivity contribution in [3.05, 3.63) is 40.3 Å². The zero-order valence-corrected chi connectivity index (χ0v) is 12.0. The van der Waals surface area contributed by atoms with Crippen LogP contribution in [0.15, 0.2) is 29.1 Å². The van der Waals surface area contributed by atoms with Crippen molar-refractivity contribution in [2.24, 2.45) is 7.05 Å². The Morgan fingerprint density at radius 1 is 1.19 bits per heavy atom. The summed E-state index contributed by atoms with van der Waals surface area (Å²) in [5.74, 6) is 0.462. The fourth-order valence-electron chi connectivity index (χ4n) is 3.41. The summed E-state index contributed by atoms with van der Waals surface area (Å²) in [6, 6.07) is 7.80. The molecule has 0 unspecified atom stereocenters. The standard InChI is InChI=1S/C16H18N4O/c1-20-15-13(14(19-20)10-6-8-17-9-7-10)11-4-2-3-5-12(11)16(21)18-15/h2-5,10,17H,6-9H2,1H3,(H,18,21). The van der Waals surface area contributed by atoms with Gasteiger partial charge in [-0.25, -0.2) is 0 Å². The van der Waals surface area contributed by atoms with Crippen LogP contribution in [0.2, 0.25) is 0 Å². The maximum atomic E-state index is 12.2. The number of aryl methyl sites for hydroxylation is 1. The van der Waals surface area contributed by atoms with Crippen LogP contribution in [0.3, 0.4) is 0 Å².